The minimum atomic E-state index is 0.0739. The van der Waals surface area contributed by atoms with Crippen LogP contribution in [0, 0.1) is 0 Å². The van der Waals surface area contributed by atoms with E-state index in [9.17, 15) is 0 Å². The highest BCUT2D eigenvalue weighted by Crippen LogP contribution is 2.32. The first kappa shape index (κ1) is 12.9. The van der Waals surface area contributed by atoms with Crippen molar-refractivity contribution in [2.24, 2.45) is 0 Å². The Morgan fingerprint density at radius 2 is 2.00 bits per heavy atom. The number of hydrogen-bond acceptors (Lipinski definition) is 5. The quantitative estimate of drug-likeness (QED) is 0.901. The molecule has 1 heterocycles. The molecule has 5 heteroatoms. The molecule has 0 saturated heterocycles. The van der Waals surface area contributed by atoms with Crippen molar-refractivity contribution in [3.63, 3.8) is 0 Å². The van der Waals surface area contributed by atoms with Gasteiger partial charge in [0.2, 0.25) is 0 Å². The van der Waals surface area contributed by atoms with Crippen molar-refractivity contribution < 1.29 is 9.47 Å². The van der Waals surface area contributed by atoms with Crippen molar-refractivity contribution in [3.8, 4) is 11.5 Å². The summed E-state index contributed by atoms with van der Waals surface area (Å²) in [7, 11) is 5.19. The van der Waals surface area contributed by atoms with E-state index in [1.165, 1.54) is 0 Å². The second-order valence-corrected chi connectivity index (χ2v) is 4.63. The van der Waals surface area contributed by atoms with E-state index in [-0.39, 0.29) is 6.04 Å². The van der Waals surface area contributed by atoms with Gasteiger partial charge in [0.1, 0.15) is 5.01 Å². The van der Waals surface area contributed by atoms with Crippen LogP contribution in [0.1, 0.15) is 16.6 Å². The van der Waals surface area contributed by atoms with Crippen LogP contribution >= 0.6 is 11.3 Å². The molecule has 0 aliphatic heterocycles. The molecule has 2 rings (SSSR count). The molecule has 0 bridgehead atoms. The minimum Gasteiger partial charge on any atom is -0.493 e. The molecule has 4 nitrogen and oxygen atoms in total. The van der Waals surface area contributed by atoms with Crippen molar-refractivity contribution in [1.29, 1.82) is 0 Å². The number of aromatic nitrogens is 1. The van der Waals surface area contributed by atoms with Gasteiger partial charge in [0.15, 0.2) is 11.5 Å². The van der Waals surface area contributed by atoms with Crippen LogP contribution in [0.15, 0.2) is 29.8 Å². The molecular weight excluding hydrogens is 248 g/mol. The fraction of sp³-hybridized carbons (Fsp3) is 0.308. The summed E-state index contributed by atoms with van der Waals surface area (Å²) < 4.78 is 10.6. The molecule has 96 valence electrons. The number of nitrogens with zero attached hydrogens (tertiary/aromatic N) is 1. The number of nitrogens with one attached hydrogen (secondary N) is 1. The first-order valence-corrected chi connectivity index (χ1v) is 6.46. The van der Waals surface area contributed by atoms with E-state index >= 15 is 0 Å². The van der Waals surface area contributed by atoms with Gasteiger partial charge >= 0.3 is 0 Å². The third-order valence-electron chi connectivity index (χ3n) is 2.73. The summed E-state index contributed by atoms with van der Waals surface area (Å²) in [6, 6.07) is 5.97. The van der Waals surface area contributed by atoms with Crippen molar-refractivity contribution in [3.05, 3.63) is 40.3 Å². The van der Waals surface area contributed by atoms with Crippen LogP contribution in [0.25, 0.3) is 0 Å². The number of benzene rings is 1. The minimum absolute atomic E-state index is 0.0739. The summed E-state index contributed by atoms with van der Waals surface area (Å²) in [4.78, 5) is 4.35. The van der Waals surface area contributed by atoms with Crippen molar-refractivity contribution in [2.45, 2.75) is 6.04 Å². The van der Waals surface area contributed by atoms with Gasteiger partial charge in [-0.3, -0.25) is 0 Å². The van der Waals surface area contributed by atoms with E-state index < -0.39 is 0 Å². The monoisotopic (exact) mass is 264 g/mol. The summed E-state index contributed by atoms with van der Waals surface area (Å²) in [6.45, 7) is 0. The maximum atomic E-state index is 5.32. The van der Waals surface area contributed by atoms with Gasteiger partial charge in [-0.15, -0.1) is 11.3 Å². The molecule has 1 N–H and O–H groups in total. The zero-order valence-corrected chi connectivity index (χ0v) is 11.5. The van der Waals surface area contributed by atoms with Gasteiger partial charge in [0, 0.05) is 11.6 Å². The standard InChI is InChI=1S/C13H16N2O2S/c1-14-12(13-15-6-7-18-13)9-4-5-10(16-2)11(8-9)17-3/h4-8,12,14H,1-3H3. The lowest BCUT2D eigenvalue weighted by atomic mass is 10.1. The van der Waals surface area contributed by atoms with Crippen LogP contribution in [0.5, 0.6) is 11.5 Å². The predicted octanol–water partition coefficient (Wildman–Crippen LogP) is 2.47. The topological polar surface area (TPSA) is 43.4 Å². The second kappa shape index (κ2) is 5.84. The molecule has 18 heavy (non-hydrogen) atoms. The molecule has 0 amide bonds. The molecular formula is C13H16N2O2S. The number of methoxy groups -OCH3 is 2. The van der Waals surface area contributed by atoms with Crippen LogP contribution in [-0.4, -0.2) is 26.3 Å². The number of ether oxygens (including phenoxy) is 2. The van der Waals surface area contributed by atoms with Gasteiger partial charge < -0.3 is 14.8 Å². The Balaban J connectivity index is 2.37. The number of hydrogen-bond donors (Lipinski definition) is 1. The molecule has 0 radical (unpaired) electrons. The van der Waals surface area contributed by atoms with Gasteiger partial charge in [-0.25, -0.2) is 4.98 Å². The SMILES string of the molecule is CNC(c1ccc(OC)c(OC)c1)c1nccs1. The fourth-order valence-electron chi connectivity index (χ4n) is 1.84. The molecule has 1 aromatic heterocycles. The van der Waals surface area contributed by atoms with E-state index in [0.29, 0.717) is 0 Å². The van der Waals surface area contributed by atoms with Gasteiger partial charge in [-0.2, -0.15) is 0 Å². The largest absolute Gasteiger partial charge is 0.493 e. The fourth-order valence-corrected chi connectivity index (χ4v) is 2.62. The van der Waals surface area contributed by atoms with Crippen LogP contribution in [0.3, 0.4) is 0 Å². The molecule has 1 atom stereocenters. The molecule has 1 unspecified atom stereocenters. The van der Waals surface area contributed by atoms with E-state index in [1.807, 2.05) is 36.8 Å². The molecule has 0 fully saturated rings. The highest BCUT2D eigenvalue weighted by Gasteiger charge is 2.16. The molecule has 0 aliphatic carbocycles. The van der Waals surface area contributed by atoms with Crippen LogP contribution < -0.4 is 14.8 Å². The Morgan fingerprint density at radius 3 is 2.56 bits per heavy atom. The van der Waals surface area contributed by atoms with Crippen molar-refractivity contribution >= 4 is 11.3 Å². The van der Waals surface area contributed by atoms with Crippen LogP contribution in [0.4, 0.5) is 0 Å². The van der Waals surface area contributed by atoms with Crippen molar-refractivity contribution in [2.75, 3.05) is 21.3 Å². The van der Waals surface area contributed by atoms with E-state index in [2.05, 4.69) is 10.3 Å². The normalized spacial score (nSPS) is 12.2. The van der Waals surface area contributed by atoms with Crippen LogP contribution in [-0.2, 0) is 0 Å². The Labute approximate surface area is 111 Å². The second-order valence-electron chi connectivity index (χ2n) is 3.71. The maximum absolute atomic E-state index is 5.32. The van der Waals surface area contributed by atoms with E-state index in [1.54, 1.807) is 25.6 Å². The summed E-state index contributed by atoms with van der Waals surface area (Å²) in [5.74, 6) is 1.46. The summed E-state index contributed by atoms with van der Waals surface area (Å²) in [5, 5.41) is 6.27. The maximum Gasteiger partial charge on any atom is 0.161 e. The van der Waals surface area contributed by atoms with Gasteiger partial charge in [0.25, 0.3) is 0 Å². The van der Waals surface area contributed by atoms with Gasteiger partial charge in [0.05, 0.1) is 20.3 Å². The predicted molar refractivity (Wildman–Crippen MR) is 72.6 cm³/mol. The lowest BCUT2D eigenvalue weighted by Crippen LogP contribution is -2.17. The number of thiazole rings is 1. The van der Waals surface area contributed by atoms with E-state index in [4.69, 9.17) is 9.47 Å². The average molecular weight is 264 g/mol. The lowest BCUT2D eigenvalue weighted by molar-refractivity contribution is 0.354. The third-order valence-corrected chi connectivity index (χ3v) is 3.57. The Kier molecular flexibility index (Phi) is 4.17. The van der Waals surface area contributed by atoms with Gasteiger partial charge in [-0.1, -0.05) is 6.07 Å². The smallest absolute Gasteiger partial charge is 0.161 e. The first-order chi connectivity index (χ1) is 8.80. The zero-order valence-electron chi connectivity index (χ0n) is 10.6. The molecule has 0 saturated carbocycles. The lowest BCUT2D eigenvalue weighted by Gasteiger charge is -2.16. The van der Waals surface area contributed by atoms with Crippen molar-refractivity contribution in [1.82, 2.24) is 10.3 Å². The zero-order chi connectivity index (χ0) is 13.0. The molecule has 0 spiro atoms. The van der Waals surface area contributed by atoms with E-state index in [0.717, 1.165) is 22.1 Å². The summed E-state index contributed by atoms with van der Waals surface area (Å²) >= 11 is 1.63. The number of rotatable bonds is 5. The summed E-state index contributed by atoms with van der Waals surface area (Å²) in [5.41, 5.74) is 1.10. The molecule has 1 aromatic carbocycles. The highest BCUT2D eigenvalue weighted by molar-refractivity contribution is 7.09. The first-order valence-electron chi connectivity index (χ1n) is 5.58. The van der Waals surface area contributed by atoms with Crippen LogP contribution in [0.2, 0.25) is 0 Å². The Hall–Kier alpha value is -1.59. The van der Waals surface area contributed by atoms with Gasteiger partial charge in [-0.05, 0) is 24.7 Å². The Morgan fingerprint density at radius 1 is 1.22 bits per heavy atom. The molecule has 2 aromatic rings. The molecule has 0 aliphatic rings. The average Bonchev–Trinajstić information content (AvgIpc) is 2.93. The highest BCUT2D eigenvalue weighted by atomic mass is 32.1. The Bertz CT molecular complexity index is 500. The third kappa shape index (κ3) is 2.47. The summed E-state index contributed by atoms with van der Waals surface area (Å²) in [6.07, 6.45) is 1.81.